The number of hydrogen-bond donors (Lipinski definition) is 1. The maximum atomic E-state index is 4.26. The van der Waals surface area contributed by atoms with Crippen LogP contribution in [-0.4, -0.2) is 11.5 Å². The molecule has 58 valence electrons. The lowest BCUT2D eigenvalue weighted by atomic mass is 9.96. The zero-order valence-electron chi connectivity index (χ0n) is 6.67. The van der Waals surface area contributed by atoms with Crippen molar-refractivity contribution in [3.8, 4) is 0 Å². The number of fused-ring (bicyclic) bond motifs is 1. The van der Waals surface area contributed by atoms with Crippen LogP contribution in [0.25, 0.3) is 0 Å². The maximum Gasteiger partial charge on any atom is 0.129 e. The van der Waals surface area contributed by atoms with E-state index in [0.717, 1.165) is 12.4 Å². The average Bonchev–Trinajstić information content (AvgIpc) is 2.06. The summed E-state index contributed by atoms with van der Waals surface area (Å²) in [5, 5.41) is 3.28. The van der Waals surface area contributed by atoms with Gasteiger partial charge in [0.15, 0.2) is 0 Å². The van der Waals surface area contributed by atoms with Gasteiger partial charge in [-0.2, -0.15) is 0 Å². The quantitative estimate of drug-likeness (QED) is 0.608. The molecule has 1 unspecified atom stereocenters. The van der Waals surface area contributed by atoms with Crippen molar-refractivity contribution in [2.45, 2.75) is 19.3 Å². The van der Waals surface area contributed by atoms with Gasteiger partial charge >= 0.3 is 0 Å². The van der Waals surface area contributed by atoms with Gasteiger partial charge in [0.2, 0.25) is 0 Å². The van der Waals surface area contributed by atoms with Gasteiger partial charge in [0.05, 0.1) is 0 Å². The smallest absolute Gasteiger partial charge is 0.129 e. The molecule has 0 spiro atoms. The largest absolute Gasteiger partial charge is 0.370 e. The minimum Gasteiger partial charge on any atom is -0.370 e. The van der Waals surface area contributed by atoms with Crippen molar-refractivity contribution < 1.29 is 0 Å². The van der Waals surface area contributed by atoms with Crippen molar-refractivity contribution in [2.24, 2.45) is 0 Å². The van der Waals surface area contributed by atoms with Crippen molar-refractivity contribution in [3.05, 3.63) is 23.9 Å². The Morgan fingerprint density at radius 3 is 3.36 bits per heavy atom. The second-order valence-corrected chi connectivity index (χ2v) is 3.06. The van der Waals surface area contributed by atoms with E-state index in [1.165, 1.54) is 12.0 Å². The van der Waals surface area contributed by atoms with Gasteiger partial charge in [-0.25, -0.2) is 4.98 Å². The minimum atomic E-state index is 0.667. The first kappa shape index (κ1) is 6.65. The molecule has 2 heteroatoms. The third kappa shape index (κ3) is 1.09. The highest BCUT2D eigenvalue weighted by molar-refractivity contribution is 5.47. The first-order valence-electron chi connectivity index (χ1n) is 4.06. The van der Waals surface area contributed by atoms with E-state index in [1.807, 2.05) is 12.3 Å². The third-order valence-corrected chi connectivity index (χ3v) is 2.24. The fourth-order valence-electron chi connectivity index (χ4n) is 1.53. The predicted molar refractivity (Wildman–Crippen MR) is 45.8 cm³/mol. The molecular formula is C9H12N2. The number of aromatic nitrogens is 1. The number of hydrogen-bond acceptors (Lipinski definition) is 2. The van der Waals surface area contributed by atoms with Gasteiger partial charge in [0, 0.05) is 12.7 Å². The fraction of sp³-hybridized carbons (Fsp3) is 0.444. The highest BCUT2D eigenvalue weighted by atomic mass is 15.0. The molecular weight excluding hydrogens is 136 g/mol. The summed E-state index contributed by atoms with van der Waals surface area (Å²) in [4.78, 5) is 4.26. The van der Waals surface area contributed by atoms with Crippen molar-refractivity contribution in [2.75, 3.05) is 11.9 Å². The molecule has 0 saturated carbocycles. The Bertz CT molecular complexity index is 257. The molecule has 0 aromatic carbocycles. The summed E-state index contributed by atoms with van der Waals surface area (Å²) >= 11 is 0. The zero-order chi connectivity index (χ0) is 7.68. The lowest BCUT2D eigenvalue weighted by Gasteiger charge is -2.21. The van der Waals surface area contributed by atoms with Gasteiger partial charge in [-0.05, 0) is 24.0 Å². The third-order valence-electron chi connectivity index (χ3n) is 2.24. The van der Waals surface area contributed by atoms with E-state index in [2.05, 4.69) is 23.3 Å². The van der Waals surface area contributed by atoms with Crippen LogP contribution in [0.4, 0.5) is 5.82 Å². The van der Waals surface area contributed by atoms with Gasteiger partial charge in [0.1, 0.15) is 5.82 Å². The molecule has 1 atom stereocenters. The summed E-state index contributed by atoms with van der Waals surface area (Å²) in [5.41, 5.74) is 1.36. The summed E-state index contributed by atoms with van der Waals surface area (Å²) in [6.45, 7) is 3.31. The molecule has 0 aliphatic carbocycles. The van der Waals surface area contributed by atoms with Gasteiger partial charge in [-0.1, -0.05) is 13.0 Å². The molecule has 11 heavy (non-hydrogen) atoms. The molecule has 2 rings (SSSR count). The Morgan fingerprint density at radius 2 is 2.55 bits per heavy atom. The molecule has 2 nitrogen and oxygen atoms in total. The van der Waals surface area contributed by atoms with Gasteiger partial charge in [0.25, 0.3) is 0 Å². The summed E-state index contributed by atoms with van der Waals surface area (Å²) in [5.74, 6) is 1.74. The molecule has 1 aliphatic heterocycles. The van der Waals surface area contributed by atoms with Crippen LogP contribution >= 0.6 is 0 Å². The Balaban J connectivity index is 2.44. The summed E-state index contributed by atoms with van der Waals surface area (Å²) < 4.78 is 0. The Hall–Kier alpha value is -1.05. The summed E-state index contributed by atoms with van der Waals surface area (Å²) in [6.07, 6.45) is 3.06. The van der Waals surface area contributed by atoms with Crippen LogP contribution in [0.2, 0.25) is 0 Å². The van der Waals surface area contributed by atoms with Crippen LogP contribution < -0.4 is 5.32 Å². The van der Waals surface area contributed by atoms with Crippen molar-refractivity contribution in [1.82, 2.24) is 4.98 Å². The number of rotatable bonds is 0. The van der Waals surface area contributed by atoms with E-state index in [9.17, 15) is 0 Å². The second-order valence-electron chi connectivity index (χ2n) is 3.06. The number of nitrogens with zero attached hydrogens (tertiary/aromatic N) is 1. The van der Waals surface area contributed by atoms with Crippen molar-refractivity contribution >= 4 is 5.82 Å². The monoisotopic (exact) mass is 148 g/mol. The van der Waals surface area contributed by atoms with Crippen LogP contribution in [0, 0.1) is 0 Å². The second kappa shape index (κ2) is 2.53. The Labute approximate surface area is 66.7 Å². The average molecular weight is 148 g/mol. The highest BCUT2D eigenvalue weighted by Gasteiger charge is 2.15. The molecule has 0 bridgehead atoms. The van der Waals surface area contributed by atoms with Gasteiger partial charge in [-0.3, -0.25) is 0 Å². The summed E-state index contributed by atoms with van der Waals surface area (Å²) in [7, 11) is 0. The van der Waals surface area contributed by atoms with Crippen LogP contribution in [-0.2, 0) is 0 Å². The lowest BCUT2D eigenvalue weighted by molar-refractivity contribution is 0.677. The normalized spacial score (nSPS) is 22.1. The standard InChI is InChI=1S/C9H12N2/c1-7-4-6-11-9-8(7)3-2-5-10-9/h2-3,5,7H,4,6H2,1H3,(H,10,11). The lowest BCUT2D eigenvalue weighted by Crippen LogP contribution is -2.15. The van der Waals surface area contributed by atoms with E-state index in [1.54, 1.807) is 0 Å². The SMILES string of the molecule is CC1CCNc2ncccc21. The van der Waals surface area contributed by atoms with Crippen molar-refractivity contribution in [3.63, 3.8) is 0 Å². The molecule has 1 aliphatic rings. The highest BCUT2D eigenvalue weighted by Crippen LogP contribution is 2.28. The number of anilines is 1. The molecule has 1 aromatic heterocycles. The van der Waals surface area contributed by atoms with Gasteiger partial charge in [-0.15, -0.1) is 0 Å². The Kier molecular flexibility index (Phi) is 1.53. The number of pyridine rings is 1. The van der Waals surface area contributed by atoms with Crippen molar-refractivity contribution in [1.29, 1.82) is 0 Å². The molecule has 2 heterocycles. The first-order valence-corrected chi connectivity index (χ1v) is 4.06. The van der Waals surface area contributed by atoms with Crippen LogP contribution in [0.5, 0.6) is 0 Å². The number of nitrogens with one attached hydrogen (secondary N) is 1. The molecule has 0 amide bonds. The Morgan fingerprint density at radius 1 is 1.64 bits per heavy atom. The molecule has 1 N–H and O–H groups in total. The van der Waals surface area contributed by atoms with E-state index in [-0.39, 0.29) is 0 Å². The predicted octanol–water partition coefficient (Wildman–Crippen LogP) is 2.00. The molecule has 0 saturated heterocycles. The fourth-order valence-corrected chi connectivity index (χ4v) is 1.53. The molecule has 1 aromatic rings. The van der Waals surface area contributed by atoms with E-state index in [0.29, 0.717) is 5.92 Å². The van der Waals surface area contributed by atoms with E-state index in [4.69, 9.17) is 0 Å². The van der Waals surface area contributed by atoms with Crippen LogP contribution in [0.3, 0.4) is 0 Å². The maximum absolute atomic E-state index is 4.26. The molecule has 0 fully saturated rings. The van der Waals surface area contributed by atoms with E-state index >= 15 is 0 Å². The minimum absolute atomic E-state index is 0.667. The first-order chi connectivity index (χ1) is 5.38. The zero-order valence-corrected chi connectivity index (χ0v) is 6.67. The van der Waals surface area contributed by atoms with Gasteiger partial charge < -0.3 is 5.32 Å². The van der Waals surface area contributed by atoms with Crippen LogP contribution in [0.15, 0.2) is 18.3 Å². The van der Waals surface area contributed by atoms with E-state index < -0.39 is 0 Å². The topological polar surface area (TPSA) is 24.9 Å². The summed E-state index contributed by atoms with van der Waals surface area (Å²) in [6, 6.07) is 4.15. The molecule has 0 radical (unpaired) electrons. The van der Waals surface area contributed by atoms with Crippen LogP contribution in [0.1, 0.15) is 24.8 Å².